The Morgan fingerprint density at radius 3 is 2.36 bits per heavy atom. The molecule has 0 saturated heterocycles. The van der Waals surface area contributed by atoms with Gasteiger partial charge in [-0.05, 0) is 17.9 Å². The molecule has 4 N–H and O–H groups in total. The van der Waals surface area contributed by atoms with E-state index in [1.165, 1.54) is 32.1 Å². The number of H-pyrrole nitrogens is 2. The van der Waals surface area contributed by atoms with E-state index in [0.717, 1.165) is 28.9 Å². The van der Waals surface area contributed by atoms with Gasteiger partial charge in [0.05, 0.1) is 11.4 Å². The van der Waals surface area contributed by atoms with Gasteiger partial charge in [-0.25, -0.2) is 14.8 Å². The molecule has 1 saturated carbocycles. The Labute approximate surface area is 145 Å². The van der Waals surface area contributed by atoms with Gasteiger partial charge in [-0.3, -0.25) is 9.97 Å². The third kappa shape index (κ3) is 3.35. The van der Waals surface area contributed by atoms with E-state index >= 15 is 0 Å². The highest BCUT2D eigenvalue weighted by Crippen LogP contribution is 2.30. The lowest BCUT2D eigenvalue weighted by molar-refractivity contribution is 0.354. The molecule has 2 heterocycles. The van der Waals surface area contributed by atoms with Crippen LogP contribution in [0.5, 0.6) is 0 Å². The zero-order chi connectivity index (χ0) is 17.2. The molecule has 0 atom stereocenters. The van der Waals surface area contributed by atoms with Gasteiger partial charge >= 0.3 is 5.69 Å². The van der Waals surface area contributed by atoms with Gasteiger partial charge in [0.1, 0.15) is 0 Å². The standard InChI is InChI=1S/C19H23N5O/c20-11-13-6-8-14(9-7-13)16-15(10-12-4-2-1-3-5-12)21-17-18(22-16)24-19(25)23-17/h6-9,12H,1-5,10-11,20H2,(H2,21,22,23,24,25). The predicted molar refractivity (Wildman–Crippen MR) is 98.1 cm³/mol. The zero-order valence-electron chi connectivity index (χ0n) is 14.2. The summed E-state index contributed by atoms with van der Waals surface area (Å²) >= 11 is 0. The molecule has 0 unspecified atom stereocenters. The average molecular weight is 337 g/mol. The van der Waals surface area contributed by atoms with Gasteiger partial charge in [0.2, 0.25) is 0 Å². The van der Waals surface area contributed by atoms with Crippen LogP contribution in [0.3, 0.4) is 0 Å². The molecule has 6 heteroatoms. The molecule has 3 aromatic rings. The fraction of sp³-hybridized carbons (Fsp3) is 0.421. The molecule has 0 amide bonds. The molecule has 2 aromatic heterocycles. The van der Waals surface area contributed by atoms with Crippen molar-refractivity contribution in [3.63, 3.8) is 0 Å². The number of rotatable bonds is 4. The Kier molecular flexibility index (Phi) is 4.36. The van der Waals surface area contributed by atoms with Gasteiger partial charge in [0.25, 0.3) is 0 Å². The Hall–Kier alpha value is -2.47. The van der Waals surface area contributed by atoms with Crippen molar-refractivity contribution >= 4 is 11.3 Å². The number of nitrogens with two attached hydrogens (primary N) is 1. The van der Waals surface area contributed by atoms with Crippen LogP contribution in [0, 0.1) is 5.92 Å². The molecule has 1 fully saturated rings. The van der Waals surface area contributed by atoms with Crippen molar-refractivity contribution in [2.24, 2.45) is 11.7 Å². The molecule has 1 aliphatic rings. The Bertz CT molecular complexity index is 919. The van der Waals surface area contributed by atoms with Crippen LogP contribution in [0.25, 0.3) is 22.6 Å². The molecule has 130 valence electrons. The maximum atomic E-state index is 11.6. The number of fused-ring (bicyclic) bond motifs is 1. The number of imidazole rings is 1. The Morgan fingerprint density at radius 2 is 1.68 bits per heavy atom. The van der Waals surface area contributed by atoms with Crippen molar-refractivity contribution in [3.05, 3.63) is 46.0 Å². The molecular weight excluding hydrogens is 314 g/mol. The van der Waals surface area contributed by atoms with Crippen LogP contribution in [0.1, 0.15) is 43.4 Å². The van der Waals surface area contributed by atoms with E-state index < -0.39 is 0 Å². The van der Waals surface area contributed by atoms with Crippen LogP contribution >= 0.6 is 0 Å². The summed E-state index contributed by atoms with van der Waals surface area (Å²) < 4.78 is 0. The minimum atomic E-state index is -0.269. The van der Waals surface area contributed by atoms with Crippen molar-refractivity contribution in [2.45, 2.75) is 45.1 Å². The molecule has 0 spiro atoms. The zero-order valence-corrected chi connectivity index (χ0v) is 14.2. The molecule has 0 radical (unpaired) electrons. The summed E-state index contributed by atoms with van der Waals surface area (Å²) in [6, 6.07) is 8.11. The monoisotopic (exact) mass is 337 g/mol. The van der Waals surface area contributed by atoms with E-state index in [4.69, 9.17) is 15.7 Å². The molecule has 4 rings (SSSR count). The second-order valence-corrected chi connectivity index (χ2v) is 6.90. The Balaban J connectivity index is 1.77. The fourth-order valence-electron chi connectivity index (χ4n) is 3.73. The second kappa shape index (κ2) is 6.80. The summed E-state index contributed by atoms with van der Waals surface area (Å²) in [6.45, 7) is 0.519. The largest absolute Gasteiger partial charge is 0.326 e. The number of hydrogen-bond acceptors (Lipinski definition) is 4. The summed E-state index contributed by atoms with van der Waals surface area (Å²) in [5.41, 5.74) is 10.4. The van der Waals surface area contributed by atoms with Gasteiger partial charge in [0, 0.05) is 12.1 Å². The number of nitrogens with zero attached hydrogens (tertiary/aromatic N) is 2. The smallest absolute Gasteiger partial charge is 0.326 e. The van der Waals surface area contributed by atoms with Crippen molar-refractivity contribution in [1.29, 1.82) is 0 Å². The second-order valence-electron chi connectivity index (χ2n) is 6.90. The van der Waals surface area contributed by atoms with Crippen LogP contribution in [0.4, 0.5) is 0 Å². The van der Waals surface area contributed by atoms with E-state index in [0.29, 0.717) is 23.8 Å². The Morgan fingerprint density at radius 1 is 1.00 bits per heavy atom. The molecule has 0 bridgehead atoms. The highest BCUT2D eigenvalue weighted by molar-refractivity contribution is 5.72. The predicted octanol–water partition coefficient (Wildman–Crippen LogP) is 2.89. The quantitative estimate of drug-likeness (QED) is 0.681. The van der Waals surface area contributed by atoms with E-state index in [1.54, 1.807) is 0 Å². The summed E-state index contributed by atoms with van der Waals surface area (Å²) in [5, 5.41) is 0. The van der Waals surface area contributed by atoms with Gasteiger partial charge in [0.15, 0.2) is 11.3 Å². The minimum Gasteiger partial charge on any atom is -0.326 e. The summed E-state index contributed by atoms with van der Waals surface area (Å²) in [7, 11) is 0. The lowest BCUT2D eigenvalue weighted by Crippen LogP contribution is -2.12. The van der Waals surface area contributed by atoms with Crippen LogP contribution in [-0.2, 0) is 13.0 Å². The van der Waals surface area contributed by atoms with Gasteiger partial charge < -0.3 is 5.73 Å². The van der Waals surface area contributed by atoms with Crippen LogP contribution in [-0.4, -0.2) is 19.9 Å². The van der Waals surface area contributed by atoms with Crippen molar-refractivity contribution < 1.29 is 0 Å². The first-order valence-electron chi connectivity index (χ1n) is 9.01. The van der Waals surface area contributed by atoms with Crippen LogP contribution in [0.15, 0.2) is 29.1 Å². The molecule has 25 heavy (non-hydrogen) atoms. The number of aromatic nitrogens is 4. The first-order valence-corrected chi connectivity index (χ1v) is 9.01. The number of benzene rings is 1. The summed E-state index contributed by atoms with van der Waals surface area (Å²) in [6.07, 6.45) is 7.32. The summed E-state index contributed by atoms with van der Waals surface area (Å²) in [5.74, 6) is 0.647. The first kappa shape index (κ1) is 16.0. The molecule has 6 nitrogen and oxygen atoms in total. The van der Waals surface area contributed by atoms with E-state index in [9.17, 15) is 4.79 Å². The molecule has 1 aliphatic carbocycles. The normalized spacial score (nSPS) is 15.7. The summed E-state index contributed by atoms with van der Waals surface area (Å²) in [4.78, 5) is 26.5. The van der Waals surface area contributed by atoms with Gasteiger partial charge in [-0.15, -0.1) is 0 Å². The number of hydrogen-bond donors (Lipinski definition) is 3. The number of aromatic amines is 2. The van der Waals surface area contributed by atoms with Crippen molar-refractivity contribution in [1.82, 2.24) is 19.9 Å². The number of nitrogens with one attached hydrogen (secondary N) is 2. The molecular formula is C19H23N5O. The highest BCUT2D eigenvalue weighted by atomic mass is 16.1. The third-order valence-electron chi connectivity index (χ3n) is 5.10. The minimum absolute atomic E-state index is 0.269. The third-order valence-corrected chi connectivity index (χ3v) is 5.10. The van der Waals surface area contributed by atoms with Crippen LogP contribution < -0.4 is 11.4 Å². The van der Waals surface area contributed by atoms with E-state index in [2.05, 4.69) is 9.97 Å². The molecule has 1 aromatic carbocycles. The SMILES string of the molecule is NCc1ccc(-c2nc3[nH]c(=O)[nH]c3nc2CC2CCCCC2)cc1. The molecule has 0 aliphatic heterocycles. The topological polar surface area (TPSA) is 100 Å². The maximum absolute atomic E-state index is 11.6. The lowest BCUT2D eigenvalue weighted by atomic mass is 9.85. The van der Waals surface area contributed by atoms with E-state index in [1.807, 2.05) is 24.3 Å². The lowest BCUT2D eigenvalue weighted by Gasteiger charge is -2.22. The van der Waals surface area contributed by atoms with Gasteiger partial charge in [-0.2, -0.15) is 0 Å². The van der Waals surface area contributed by atoms with Crippen molar-refractivity contribution in [2.75, 3.05) is 0 Å². The average Bonchev–Trinajstić information content (AvgIpc) is 3.01. The van der Waals surface area contributed by atoms with E-state index in [-0.39, 0.29) is 5.69 Å². The van der Waals surface area contributed by atoms with Crippen LogP contribution in [0.2, 0.25) is 0 Å². The first-order chi connectivity index (χ1) is 12.2. The van der Waals surface area contributed by atoms with Crippen molar-refractivity contribution in [3.8, 4) is 11.3 Å². The highest BCUT2D eigenvalue weighted by Gasteiger charge is 2.19. The maximum Gasteiger partial charge on any atom is 0.326 e. The fourth-order valence-corrected chi connectivity index (χ4v) is 3.73. The van der Waals surface area contributed by atoms with Gasteiger partial charge in [-0.1, -0.05) is 56.4 Å².